The second-order valence-corrected chi connectivity index (χ2v) is 8.24. The fourth-order valence-electron chi connectivity index (χ4n) is 3.79. The van der Waals surface area contributed by atoms with E-state index < -0.39 is 36.4 Å². The lowest BCUT2D eigenvalue weighted by Gasteiger charge is -2.31. The number of urea groups is 1. The van der Waals surface area contributed by atoms with Crippen LogP contribution in [-0.2, 0) is 14.3 Å². The van der Waals surface area contributed by atoms with E-state index in [1.165, 1.54) is 13.2 Å². The van der Waals surface area contributed by atoms with Gasteiger partial charge in [-0.3, -0.25) is 14.5 Å². The molecule has 0 bridgehead atoms. The molecular formula is C27H25N3O6. The smallest absolute Gasteiger partial charge is 0.337 e. The predicted molar refractivity (Wildman–Crippen MR) is 132 cm³/mol. The van der Waals surface area contributed by atoms with Gasteiger partial charge in [-0.25, -0.2) is 9.59 Å². The van der Waals surface area contributed by atoms with Crippen LogP contribution in [0.4, 0.5) is 10.5 Å². The fourth-order valence-corrected chi connectivity index (χ4v) is 3.79. The zero-order valence-corrected chi connectivity index (χ0v) is 19.8. The Kier molecular flexibility index (Phi) is 7.29. The number of amides is 4. The van der Waals surface area contributed by atoms with E-state index in [9.17, 15) is 19.2 Å². The summed E-state index contributed by atoms with van der Waals surface area (Å²) in [4.78, 5) is 50.8. The summed E-state index contributed by atoms with van der Waals surface area (Å²) < 4.78 is 10.5. The van der Waals surface area contributed by atoms with Crippen molar-refractivity contribution < 1.29 is 28.7 Å². The number of para-hydroxylation sites is 1. The van der Waals surface area contributed by atoms with Crippen molar-refractivity contribution in [1.29, 1.82) is 0 Å². The summed E-state index contributed by atoms with van der Waals surface area (Å²) in [6.45, 7) is 1.30. The van der Waals surface area contributed by atoms with E-state index in [-0.39, 0.29) is 12.0 Å². The van der Waals surface area contributed by atoms with Crippen LogP contribution in [0.5, 0.6) is 11.5 Å². The van der Waals surface area contributed by atoms with Gasteiger partial charge in [0.2, 0.25) is 11.8 Å². The number of benzene rings is 3. The van der Waals surface area contributed by atoms with Crippen molar-refractivity contribution in [3.05, 3.63) is 89.5 Å². The molecule has 0 spiro atoms. The number of nitrogens with one attached hydrogen (secondary N) is 2. The Morgan fingerprint density at radius 1 is 1.00 bits per heavy atom. The third kappa shape index (κ3) is 5.69. The topological polar surface area (TPSA) is 114 Å². The van der Waals surface area contributed by atoms with Gasteiger partial charge in [0.15, 0.2) is 0 Å². The molecule has 0 unspecified atom stereocenters. The number of aryl methyl sites for hydroxylation is 1. The van der Waals surface area contributed by atoms with Gasteiger partial charge in [0.25, 0.3) is 0 Å². The summed E-state index contributed by atoms with van der Waals surface area (Å²) in [5.41, 5.74) is 2.08. The highest BCUT2D eigenvalue weighted by molar-refractivity contribution is 6.03. The normalized spacial score (nSPS) is 15.2. The first-order chi connectivity index (χ1) is 17.3. The lowest BCUT2D eigenvalue weighted by Crippen LogP contribution is -2.53. The van der Waals surface area contributed by atoms with Gasteiger partial charge in [0, 0.05) is 5.69 Å². The zero-order valence-electron chi connectivity index (χ0n) is 19.8. The van der Waals surface area contributed by atoms with Crippen LogP contribution >= 0.6 is 0 Å². The molecule has 4 amide bonds. The van der Waals surface area contributed by atoms with Gasteiger partial charge in [-0.05, 0) is 54.4 Å². The quantitative estimate of drug-likeness (QED) is 0.483. The molecule has 3 aromatic rings. The maximum Gasteiger partial charge on any atom is 0.337 e. The largest absolute Gasteiger partial charge is 0.465 e. The van der Waals surface area contributed by atoms with Crippen molar-refractivity contribution in [3.63, 3.8) is 0 Å². The third-order valence-corrected chi connectivity index (χ3v) is 5.70. The summed E-state index contributed by atoms with van der Waals surface area (Å²) in [6.07, 6.45) is -0.00926. The first-order valence-electron chi connectivity index (χ1n) is 11.3. The number of rotatable bonds is 7. The number of carbonyl (C=O) groups excluding carboxylic acids is 4. The molecule has 0 radical (unpaired) electrons. The number of ether oxygens (including phenoxy) is 2. The number of nitrogens with zero attached hydrogens (tertiary/aromatic N) is 1. The molecule has 0 aromatic heterocycles. The number of hydrogen-bond acceptors (Lipinski definition) is 6. The van der Waals surface area contributed by atoms with Crippen molar-refractivity contribution in [2.75, 3.05) is 19.0 Å². The number of esters is 1. The van der Waals surface area contributed by atoms with Crippen LogP contribution in [-0.4, -0.2) is 42.4 Å². The minimum Gasteiger partial charge on any atom is -0.465 e. The molecule has 0 saturated carbocycles. The summed E-state index contributed by atoms with van der Waals surface area (Å²) in [5.74, 6) is -0.344. The molecule has 1 heterocycles. The number of carbonyl (C=O) groups is 4. The standard InChI is InChI=1S/C27H25N3O6/c1-17-11-12-19(26(33)35-2)14-22(17)28-24(31)16-30-25(32)15-23(29-27(30)34)18-7-6-10-21(13-18)36-20-8-4-3-5-9-20/h3-14,23H,15-16H2,1-2H3,(H,28,31)(H,29,34)/t23-/m0/s1. The Labute approximate surface area is 208 Å². The summed E-state index contributed by atoms with van der Waals surface area (Å²) in [5, 5.41) is 5.44. The van der Waals surface area contributed by atoms with Gasteiger partial charge >= 0.3 is 12.0 Å². The van der Waals surface area contributed by atoms with E-state index >= 15 is 0 Å². The Morgan fingerprint density at radius 3 is 2.47 bits per heavy atom. The molecular weight excluding hydrogens is 462 g/mol. The molecule has 1 aliphatic heterocycles. The minimum absolute atomic E-state index is 0.00926. The maximum absolute atomic E-state index is 12.8. The van der Waals surface area contributed by atoms with Crippen LogP contribution in [0.3, 0.4) is 0 Å². The molecule has 9 nitrogen and oxygen atoms in total. The van der Waals surface area contributed by atoms with E-state index in [4.69, 9.17) is 9.47 Å². The SMILES string of the molecule is COC(=O)c1ccc(C)c(NC(=O)CN2C(=O)C[C@@H](c3cccc(Oc4ccccc4)c3)NC2=O)c1. The molecule has 3 aromatic carbocycles. The molecule has 1 saturated heterocycles. The predicted octanol–water partition coefficient (Wildman–Crippen LogP) is 4.20. The molecule has 184 valence electrons. The minimum atomic E-state index is -0.666. The molecule has 4 rings (SSSR count). The number of anilines is 1. The highest BCUT2D eigenvalue weighted by Gasteiger charge is 2.34. The summed E-state index contributed by atoms with van der Waals surface area (Å²) in [7, 11) is 1.26. The average Bonchev–Trinajstić information content (AvgIpc) is 2.87. The van der Waals surface area contributed by atoms with Crippen LogP contribution in [0.2, 0.25) is 0 Å². The Hall–Kier alpha value is -4.66. The van der Waals surface area contributed by atoms with Gasteiger partial charge in [0.05, 0.1) is 25.1 Å². The van der Waals surface area contributed by atoms with Gasteiger partial charge in [-0.2, -0.15) is 0 Å². The van der Waals surface area contributed by atoms with Crippen molar-refractivity contribution >= 4 is 29.5 Å². The van der Waals surface area contributed by atoms with E-state index in [1.807, 2.05) is 30.3 Å². The van der Waals surface area contributed by atoms with Crippen LogP contribution in [0.15, 0.2) is 72.8 Å². The first kappa shape index (κ1) is 24.5. The van der Waals surface area contributed by atoms with Crippen LogP contribution in [0.1, 0.15) is 33.9 Å². The third-order valence-electron chi connectivity index (χ3n) is 5.70. The van der Waals surface area contributed by atoms with Crippen molar-refractivity contribution in [3.8, 4) is 11.5 Å². The summed E-state index contributed by atoms with van der Waals surface area (Å²) >= 11 is 0. The van der Waals surface area contributed by atoms with Crippen molar-refractivity contribution in [2.45, 2.75) is 19.4 Å². The molecule has 36 heavy (non-hydrogen) atoms. The number of imide groups is 1. The van der Waals surface area contributed by atoms with Gasteiger partial charge in [-0.1, -0.05) is 36.4 Å². The maximum atomic E-state index is 12.8. The number of hydrogen-bond donors (Lipinski definition) is 2. The van der Waals surface area contributed by atoms with E-state index in [2.05, 4.69) is 10.6 Å². The van der Waals surface area contributed by atoms with Gasteiger partial charge in [-0.15, -0.1) is 0 Å². The van der Waals surface area contributed by atoms with Crippen molar-refractivity contribution in [2.24, 2.45) is 0 Å². The van der Waals surface area contributed by atoms with E-state index in [1.54, 1.807) is 43.3 Å². The van der Waals surface area contributed by atoms with Crippen LogP contribution in [0, 0.1) is 6.92 Å². The molecule has 2 N–H and O–H groups in total. The molecule has 0 aliphatic carbocycles. The Balaban J connectivity index is 1.40. The van der Waals surface area contributed by atoms with Gasteiger partial charge in [0.1, 0.15) is 18.0 Å². The highest BCUT2D eigenvalue weighted by atomic mass is 16.5. The average molecular weight is 488 g/mol. The number of methoxy groups -OCH3 is 1. The molecule has 1 aliphatic rings. The lowest BCUT2D eigenvalue weighted by atomic mass is 10.0. The highest BCUT2D eigenvalue weighted by Crippen LogP contribution is 2.28. The first-order valence-corrected chi connectivity index (χ1v) is 11.3. The molecule has 9 heteroatoms. The Bertz CT molecular complexity index is 1290. The van der Waals surface area contributed by atoms with Crippen LogP contribution in [0.25, 0.3) is 0 Å². The second-order valence-electron chi connectivity index (χ2n) is 8.24. The van der Waals surface area contributed by atoms with E-state index in [0.29, 0.717) is 28.3 Å². The Morgan fingerprint density at radius 2 is 1.75 bits per heavy atom. The van der Waals surface area contributed by atoms with Gasteiger partial charge < -0.3 is 20.1 Å². The second kappa shape index (κ2) is 10.7. The zero-order chi connectivity index (χ0) is 25.7. The molecule has 1 fully saturated rings. The monoisotopic (exact) mass is 487 g/mol. The molecule has 1 atom stereocenters. The summed E-state index contributed by atoms with van der Waals surface area (Å²) in [6, 6.07) is 19.9. The lowest BCUT2D eigenvalue weighted by molar-refractivity contribution is -0.133. The van der Waals surface area contributed by atoms with E-state index in [0.717, 1.165) is 4.90 Å². The van der Waals surface area contributed by atoms with Crippen LogP contribution < -0.4 is 15.4 Å². The fraction of sp³-hybridized carbons (Fsp3) is 0.185. The van der Waals surface area contributed by atoms with Crippen molar-refractivity contribution in [1.82, 2.24) is 10.2 Å².